The summed E-state index contributed by atoms with van der Waals surface area (Å²) in [7, 11) is 0. The number of aldehydes is 2. The molecule has 0 spiro atoms. The number of hydrogen-bond acceptors (Lipinski definition) is 2. The highest BCUT2D eigenvalue weighted by atomic mass is 79.9. The van der Waals surface area contributed by atoms with E-state index in [2.05, 4.69) is 31.9 Å². The molecule has 0 saturated carbocycles. The van der Waals surface area contributed by atoms with Gasteiger partial charge in [-0.25, -0.2) is 0 Å². The quantitative estimate of drug-likeness (QED) is 0.385. The van der Waals surface area contributed by atoms with Crippen molar-refractivity contribution in [3.63, 3.8) is 0 Å². The van der Waals surface area contributed by atoms with Crippen molar-refractivity contribution in [2.45, 2.75) is 0 Å². The summed E-state index contributed by atoms with van der Waals surface area (Å²) in [6.45, 7) is 0. The fourth-order valence-corrected chi connectivity index (χ4v) is 2.69. The topological polar surface area (TPSA) is 34.1 Å². The fourth-order valence-electron chi connectivity index (χ4n) is 1.89. The first kappa shape index (κ1) is 16.6. The van der Waals surface area contributed by atoms with Crippen LogP contribution in [0.3, 0.4) is 0 Å². The number of hydrogen-bond donors (Lipinski definition) is 0. The third-order valence-electron chi connectivity index (χ3n) is 3.02. The molecular weight excluding hydrogens is 408 g/mol. The predicted molar refractivity (Wildman–Crippen MR) is 96.4 cm³/mol. The molecule has 110 valence electrons. The normalized spacial score (nSPS) is 12.1. The van der Waals surface area contributed by atoms with Gasteiger partial charge in [0.05, 0.1) is 0 Å². The minimum absolute atomic E-state index is 0.331. The number of carbonyl (C=O) groups excluding carboxylic acids is 2. The van der Waals surface area contributed by atoms with Crippen molar-refractivity contribution < 1.29 is 9.59 Å². The second kappa shape index (κ2) is 8.01. The minimum Gasteiger partial charge on any atom is -0.298 e. The molecule has 0 radical (unpaired) electrons. The monoisotopic (exact) mass is 418 g/mol. The molecule has 0 heterocycles. The van der Waals surface area contributed by atoms with Gasteiger partial charge in [0.25, 0.3) is 0 Å². The summed E-state index contributed by atoms with van der Waals surface area (Å²) < 4.78 is 1.72. The first-order valence-electron chi connectivity index (χ1n) is 6.49. The maximum Gasteiger partial charge on any atom is 0.150 e. The molecule has 0 aromatic heterocycles. The molecule has 2 nitrogen and oxygen atoms in total. The lowest BCUT2D eigenvalue weighted by Gasteiger charge is -2.04. The molecule has 2 aromatic rings. The van der Waals surface area contributed by atoms with E-state index in [0.29, 0.717) is 23.7 Å². The number of halogens is 2. The van der Waals surface area contributed by atoms with Crippen LogP contribution in [0.2, 0.25) is 0 Å². The van der Waals surface area contributed by atoms with E-state index in [1.165, 1.54) is 0 Å². The van der Waals surface area contributed by atoms with Gasteiger partial charge >= 0.3 is 0 Å². The highest BCUT2D eigenvalue weighted by Crippen LogP contribution is 2.23. The maximum absolute atomic E-state index is 11.4. The first-order chi connectivity index (χ1) is 10.7. The van der Waals surface area contributed by atoms with Gasteiger partial charge in [-0.15, -0.1) is 0 Å². The van der Waals surface area contributed by atoms with Crippen LogP contribution in [0.15, 0.2) is 68.6 Å². The fraction of sp³-hybridized carbons (Fsp3) is 0. The molecule has 0 bridgehead atoms. The van der Waals surface area contributed by atoms with Crippen LogP contribution < -0.4 is 0 Å². The number of rotatable bonds is 5. The van der Waals surface area contributed by atoms with Crippen LogP contribution in [-0.2, 0) is 9.59 Å². The van der Waals surface area contributed by atoms with Crippen molar-refractivity contribution in [3.8, 4) is 0 Å². The van der Waals surface area contributed by atoms with Crippen molar-refractivity contribution in [2.24, 2.45) is 0 Å². The molecule has 0 aliphatic carbocycles. The van der Waals surface area contributed by atoms with Gasteiger partial charge in [0.2, 0.25) is 0 Å². The van der Waals surface area contributed by atoms with Gasteiger partial charge in [-0.3, -0.25) is 9.59 Å². The van der Waals surface area contributed by atoms with E-state index >= 15 is 0 Å². The zero-order chi connectivity index (χ0) is 15.9. The minimum atomic E-state index is 0.331. The summed E-state index contributed by atoms with van der Waals surface area (Å²) in [5.41, 5.74) is 2.34. The standard InChI is InChI=1S/C18H12Br2O2/c19-17-7-3-1-5-13(17)9-15(11-21)16(12-22)10-14-6-2-4-8-18(14)20/h1-12H/b15-9-,16-10-. The van der Waals surface area contributed by atoms with Crippen LogP contribution in [0.5, 0.6) is 0 Å². The second-order valence-corrected chi connectivity index (χ2v) is 6.19. The van der Waals surface area contributed by atoms with E-state index in [4.69, 9.17) is 0 Å². The molecule has 2 rings (SSSR count). The van der Waals surface area contributed by atoms with E-state index in [1.807, 2.05) is 48.5 Å². The van der Waals surface area contributed by atoms with Crippen LogP contribution in [0.4, 0.5) is 0 Å². The Balaban J connectivity index is 2.48. The Hall–Kier alpha value is -1.78. The second-order valence-electron chi connectivity index (χ2n) is 4.48. The molecule has 0 N–H and O–H groups in total. The molecular formula is C18H12Br2O2. The molecule has 0 saturated heterocycles. The molecule has 22 heavy (non-hydrogen) atoms. The van der Waals surface area contributed by atoms with Crippen molar-refractivity contribution in [1.82, 2.24) is 0 Å². The summed E-state index contributed by atoms with van der Waals surface area (Å²) in [6, 6.07) is 15.0. The van der Waals surface area contributed by atoms with E-state index < -0.39 is 0 Å². The largest absolute Gasteiger partial charge is 0.298 e. The van der Waals surface area contributed by atoms with Crippen molar-refractivity contribution in [1.29, 1.82) is 0 Å². The Labute approximate surface area is 145 Å². The molecule has 4 heteroatoms. The van der Waals surface area contributed by atoms with E-state index in [1.54, 1.807) is 12.2 Å². The molecule has 0 aliphatic rings. The van der Waals surface area contributed by atoms with Crippen LogP contribution in [0.1, 0.15) is 11.1 Å². The van der Waals surface area contributed by atoms with E-state index in [-0.39, 0.29) is 0 Å². The molecule has 0 atom stereocenters. The summed E-state index contributed by atoms with van der Waals surface area (Å²) in [5.74, 6) is 0. The number of benzene rings is 2. The third-order valence-corrected chi connectivity index (χ3v) is 4.46. The van der Waals surface area contributed by atoms with Gasteiger partial charge in [-0.2, -0.15) is 0 Å². The highest BCUT2D eigenvalue weighted by Gasteiger charge is 2.06. The SMILES string of the molecule is O=CC(=C/c1ccccc1Br)/C(C=O)=C\c1ccccc1Br. The number of allylic oxidation sites excluding steroid dienone is 2. The van der Waals surface area contributed by atoms with Crippen LogP contribution in [-0.4, -0.2) is 12.6 Å². The van der Waals surface area contributed by atoms with E-state index in [9.17, 15) is 9.59 Å². The predicted octanol–water partition coefficient (Wildman–Crippen LogP) is 5.08. The Kier molecular flexibility index (Phi) is 6.04. The van der Waals surface area contributed by atoms with Gasteiger partial charge in [0.15, 0.2) is 12.6 Å². The van der Waals surface area contributed by atoms with Gasteiger partial charge in [-0.05, 0) is 35.4 Å². The zero-order valence-corrected chi connectivity index (χ0v) is 14.7. The van der Waals surface area contributed by atoms with Crippen molar-refractivity contribution in [2.75, 3.05) is 0 Å². The molecule has 0 aliphatic heterocycles. The van der Waals surface area contributed by atoms with Gasteiger partial charge in [0, 0.05) is 20.1 Å². The Morgan fingerprint density at radius 2 is 1.05 bits per heavy atom. The van der Waals surface area contributed by atoms with E-state index in [0.717, 1.165) is 20.1 Å². The smallest absolute Gasteiger partial charge is 0.150 e. The number of carbonyl (C=O) groups is 2. The van der Waals surface area contributed by atoms with Gasteiger partial charge in [0.1, 0.15) is 0 Å². The van der Waals surface area contributed by atoms with Gasteiger partial charge in [-0.1, -0.05) is 68.3 Å². The lowest BCUT2D eigenvalue weighted by Crippen LogP contribution is -1.94. The summed E-state index contributed by atoms with van der Waals surface area (Å²) >= 11 is 6.86. The average Bonchev–Trinajstić information content (AvgIpc) is 2.54. The maximum atomic E-state index is 11.4. The summed E-state index contributed by atoms with van der Waals surface area (Å²) in [5, 5.41) is 0. The lowest BCUT2D eigenvalue weighted by molar-refractivity contribution is -0.107. The van der Waals surface area contributed by atoms with Crippen molar-refractivity contribution >= 4 is 56.6 Å². The van der Waals surface area contributed by atoms with Crippen LogP contribution in [0, 0.1) is 0 Å². The molecule has 2 aromatic carbocycles. The average molecular weight is 420 g/mol. The molecule has 0 fully saturated rings. The molecule has 0 unspecified atom stereocenters. The van der Waals surface area contributed by atoms with Crippen LogP contribution >= 0.6 is 31.9 Å². The third kappa shape index (κ3) is 4.12. The molecule has 0 amide bonds. The Morgan fingerprint density at radius 1 is 0.682 bits per heavy atom. The Bertz CT molecular complexity index is 696. The van der Waals surface area contributed by atoms with Crippen LogP contribution in [0.25, 0.3) is 12.2 Å². The Morgan fingerprint density at radius 3 is 1.36 bits per heavy atom. The summed E-state index contributed by atoms with van der Waals surface area (Å²) in [6.07, 6.45) is 4.76. The van der Waals surface area contributed by atoms with Gasteiger partial charge < -0.3 is 0 Å². The lowest BCUT2D eigenvalue weighted by atomic mass is 10.0. The van der Waals surface area contributed by atoms with Crippen molar-refractivity contribution in [3.05, 3.63) is 79.7 Å². The first-order valence-corrected chi connectivity index (χ1v) is 8.07. The summed E-state index contributed by atoms with van der Waals surface area (Å²) in [4.78, 5) is 22.8. The zero-order valence-electron chi connectivity index (χ0n) is 11.5. The highest BCUT2D eigenvalue weighted by molar-refractivity contribution is 9.10.